The van der Waals surface area contributed by atoms with E-state index in [1.807, 2.05) is 30.2 Å². The van der Waals surface area contributed by atoms with E-state index in [1.54, 1.807) is 24.5 Å². The van der Waals surface area contributed by atoms with Gasteiger partial charge in [0.1, 0.15) is 11.5 Å². The van der Waals surface area contributed by atoms with Gasteiger partial charge in [-0.2, -0.15) is 0 Å². The van der Waals surface area contributed by atoms with Crippen LogP contribution in [0.5, 0.6) is 0 Å². The summed E-state index contributed by atoms with van der Waals surface area (Å²) in [6.07, 6.45) is 8.41. The van der Waals surface area contributed by atoms with E-state index in [0.29, 0.717) is 28.7 Å². The molecule has 0 aliphatic carbocycles. The lowest BCUT2D eigenvalue weighted by Crippen LogP contribution is -2.62. The Bertz CT molecular complexity index is 1180. The summed E-state index contributed by atoms with van der Waals surface area (Å²) in [6, 6.07) is 8.45. The monoisotopic (exact) mass is 507 g/mol. The highest BCUT2D eigenvalue weighted by Crippen LogP contribution is 2.30. The maximum atomic E-state index is 12.9. The van der Waals surface area contributed by atoms with Crippen LogP contribution in [0.4, 0.5) is 5.82 Å². The molecule has 5 rings (SSSR count). The van der Waals surface area contributed by atoms with Crippen molar-refractivity contribution in [1.82, 2.24) is 29.7 Å². The van der Waals surface area contributed by atoms with Crippen molar-refractivity contribution < 1.29 is 4.79 Å². The van der Waals surface area contributed by atoms with Crippen molar-refractivity contribution in [2.45, 2.75) is 58.2 Å². The Balaban J connectivity index is 1.24. The summed E-state index contributed by atoms with van der Waals surface area (Å²) in [5.74, 6) is 1.80. The molecule has 4 heterocycles. The Morgan fingerprint density at radius 1 is 1.14 bits per heavy atom. The summed E-state index contributed by atoms with van der Waals surface area (Å²) in [7, 11) is 0. The molecule has 3 aromatic rings. The number of benzene rings is 1. The minimum atomic E-state index is 0.0994. The fraction of sp³-hybridized carbons (Fsp3) is 0.481. The third-order valence-corrected chi connectivity index (χ3v) is 7.85. The quantitative estimate of drug-likeness (QED) is 0.550. The number of carbonyl (C=O) groups excluding carboxylic acids is 1. The lowest BCUT2D eigenvalue weighted by Gasteiger charge is -2.50. The molecular weight excluding hydrogens is 474 g/mol. The topological polar surface area (TPSA) is 81.2 Å². The van der Waals surface area contributed by atoms with Gasteiger partial charge in [-0.3, -0.25) is 9.69 Å². The van der Waals surface area contributed by atoms with Crippen LogP contribution >= 0.6 is 11.6 Å². The molecule has 0 saturated carbocycles. The van der Waals surface area contributed by atoms with Crippen LogP contribution in [0.2, 0.25) is 5.02 Å². The molecule has 1 N–H and O–H groups in total. The van der Waals surface area contributed by atoms with Gasteiger partial charge >= 0.3 is 0 Å². The Morgan fingerprint density at radius 2 is 1.89 bits per heavy atom. The average Bonchev–Trinajstić information content (AvgIpc) is 3.44. The average molecular weight is 508 g/mol. The summed E-state index contributed by atoms with van der Waals surface area (Å²) >= 11 is 5.99. The van der Waals surface area contributed by atoms with Crippen LogP contribution in [0.1, 0.15) is 49.2 Å². The van der Waals surface area contributed by atoms with Crippen molar-refractivity contribution in [2.24, 2.45) is 0 Å². The number of rotatable bonds is 5. The predicted octanol–water partition coefficient (Wildman–Crippen LogP) is 4.42. The maximum absolute atomic E-state index is 12.9. The Hall–Kier alpha value is -2.97. The van der Waals surface area contributed by atoms with Gasteiger partial charge in [0.05, 0.1) is 11.9 Å². The minimum Gasteiger partial charge on any atom is -0.350 e. The number of halogens is 1. The molecule has 2 aliphatic heterocycles. The standard InChI is InChI=1S/C27H34ClN7O/c1-4-22-17-34(26-19(3)32-24(15-31-26)25-29-11-12-30-25)18(2)16-35(22)23-9-13-33(14-10-23)27(36)20-5-7-21(28)8-6-20/h5-8,11-12,15,18,22-23H,4,9-10,13-14,16-17H2,1-3H3,(H,29,30)/t18-,22+/m1/s1. The number of hydrogen-bond donors (Lipinski definition) is 1. The van der Waals surface area contributed by atoms with Gasteiger partial charge in [-0.1, -0.05) is 18.5 Å². The second-order valence-electron chi connectivity index (χ2n) is 9.89. The van der Waals surface area contributed by atoms with Gasteiger partial charge in [0, 0.05) is 67.3 Å². The summed E-state index contributed by atoms with van der Waals surface area (Å²) in [5.41, 5.74) is 2.40. The molecule has 2 aromatic heterocycles. The number of aromatic amines is 1. The van der Waals surface area contributed by atoms with Crippen LogP contribution in [0, 0.1) is 6.92 Å². The number of likely N-dealkylation sites (tertiary alicyclic amines) is 1. The largest absolute Gasteiger partial charge is 0.350 e. The first kappa shape index (κ1) is 24.7. The van der Waals surface area contributed by atoms with Crippen molar-refractivity contribution >= 4 is 23.3 Å². The van der Waals surface area contributed by atoms with Gasteiger partial charge in [0.2, 0.25) is 0 Å². The normalized spacial score (nSPS) is 21.7. The van der Waals surface area contributed by atoms with Crippen LogP contribution in [0.15, 0.2) is 42.9 Å². The molecule has 0 bridgehead atoms. The second kappa shape index (κ2) is 10.6. The van der Waals surface area contributed by atoms with Gasteiger partial charge in [-0.05, 0) is 57.4 Å². The van der Waals surface area contributed by atoms with Crippen LogP contribution in [-0.4, -0.2) is 79.9 Å². The molecule has 2 fully saturated rings. The van der Waals surface area contributed by atoms with E-state index in [2.05, 4.69) is 33.6 Å². The van der Waals surface area contributed by atoms with Crippen molar-refractivity contribution in [3.8, 4) is 11.5 Å². The number of H-pyrrole nitrogens is 1. The SMILES string of the molecule is CC[C@H]1CN(c2ncc(-c3ncc[nH]3)nc2C)[C@H](C)CN1C1CCN(C(=O)c2ccc(Cl)cc2)CC1. The number of hydrogen-bond acceptors (Lipinski definition) is 6. The maximum Gasteiger partial charge on any atom is 0.253 e. The summed E-state index contributed by atoms with van der Waals surface area (Å²) in [4.78, 5) is 37.0. The van der Waals surface area contributed by atoms with E-state index in [0.717, 1.165) is 68.5 Å². The van der Waals surface area contributed by atoms with Gasteiger partial charge in [0.15, 0.2) is 5.82 Å². The molecule has 1 amide bonds. The van der Waals surface area contributed by atoms with E-state index in [9.17, 15) is 4.79 Å². The number of amides is 1. The Labute approximate surface area is 217 Å². The summed E-state index contributed by atoms with van der Waals surface area (Å²) in [6.45, 7) is 10.1. The van der Waals surface area contributed by atoms with Gasteiger partial charge < -0.3 is 14.8 Å². The van der Waals surface area contributed by atoms with Crippen LogP contribution in [-0.2, 0) is 0 Å². The zero-order chi connectivity index (χ0) is 25.2. The fourth-order valence-electron chi connectivity index (χ4n) is 5.62. The molecule has 0 radical (unpaired) electrons. The number of anilines is 1. The fourth-order valence-corrected chi connectivity index (χ4v) is 5.75. The van der Waals surface area contributed by atoms with E-state index in [-0.39, 0.29) is 5.91 Å². The van der Waals surface area contributed by atoms with Gasteiger partial charge in [-0.25, -0.2) is 15.0 Å². The number of piperazine rings is 1. The molecule has 36 heavy (non-hydrogen) atoms. The van der Waals surface area contributed by atoms with Crippen molar-refractivity contribution in [2.75, 3.05) is 31.1 Å². The molecular formula is C27H34ClN7O. The molecule has 2 saturated heterocycles. The van der Waals surface area contributed by atoms with Crippen molar-refractivity contribution in [1.29, 1.82) is 0 Å². The number of carbonyl (C=O) groups is 1. The zero-order valence-electron chi connectivity index (χ0n) is 21.2. The number of aromatic nitrogens is 4. The Morgan fingerprint density at radius 3 is 2.53 bits per heavy atom. The van der Waals surface area contributed by atoms with Crippen molar-refractivity contribution in [3.05, 3.63) is 59.1 Å². The number of piperidine rings is 1. The molecule has 0 spiro atoms. The highest BCUT2D eigenvalue weighted by molar-refractivity contribution is 6.30. The van der Waals surface area contributed by atoms with Gasteiger partial charge in [-0.15, -0.1) is 0 Å². The van der Waals surface area contributed by atoms with Crippen LogP contribution in [0.3, 0.4) is 0 Å². The van der Waals surface area contributed by atoms with Crippen molar-refractivity contribution in [3.63, 3.8) is 0 Å². The Kier molecular flexibility index (Phi) is 7.25. The van der Waals surface area contributed by atoms with Crippen LogP contribution < -0.4 is 4.90 Å². The highest BCUT2D eigenvalue weighted by Gasteiger charge is 2.37. The molecule has 1 aromatic carbocycles. The lowest BCUT2D eigenvalue weighted by molar-refractivity contribution is 0.0434. The first-order valence-electron chi connectivity index (χ1n) is 12.8. The van der Waals surface area contributed by atoms with E-state index in [4.69, 9.17) is 21.6 Å². The smallest absolute Gasteiger partial charge is 0.253 e. The predicted molar refractivity (Wildman–Crippen MR) is 142 cm³/mol. The third-order valence-electron chi connectivity index (χ3n) is 7.60. The molecule has 8 nitrogen and oxygen atoms in total. The molecule has 9 heteroatoms. The number of nitrogens with one attached hydrogen (secondary N) is 1. The number of imidazole rings is 1. The minimum absolute atomic E-state index is 0.0994. The van der Waals surface area contributed by atoms with E-state index in [1.165, 1.54) is 0 Å². The first-order valence-corrected chi connectivity index (χ1v) is 13.2. The third kappa shape index (κ3) is 4.97. The van der Waals surface area contributed by atoms with E-state index >= 15 is 0 Å². The van der Waals surface area contributed by atoms with Crippen LogP contribution in [0.25, 0.3) is 11.5 Å². The first-order chi connectivity index (χ1) is 17.4. The van der Waals surface area contributed by atoms with Gasteiger partial charge in [0.25, 0.3) is 5.91 Å². The molecule has 2 aliphatic rings. The molecule has 2 atom stereocenters. The zero-order valence-corrected chi connectivity index (χ0v) is 21.9. The number of aryl methyl sites for hydroxylation is 1. The lowest BCUT2D eigenvalue weighted by atomic mass is 9.96. The highest BCUT2D eigenvalue weighted by atomic mass is 35.5. The van der Waals surface area contributed by atoms with E-state index < -0.39 is 0 Å². The molecule has 190 valence electrons. The number of nitrogens with zero attached hydrogens (tertiary/aromatic N) is 6. The summed E-state index contributed by atoms with van der Waals surface area (Å²) in [5, 5.41) is 0.652. The molecule has 0 unspecified atom stereocenters. The second-order valence-corrected chi connectivity index (χ2v) is 10.3. The summed E-state index contributed by atoms with van der Waals surface area (Å²) < 4.78 is 0.